The zero-order valence-electron chi connectivity index (χ0n) is 10.6. The number of hydrogen-bond acceptors (Lipinski definition) is 7. The number of sulfone groups is 1. The lowest BCUT2D eigenvalue weighted by atomic mass is 10.1. The van der Waals surface area contributed by atoms with Gasteiger partial charge in [0.2, 0.25) is 0 Å². The van der Waals surface area contributed by atoms with E-state index in [-0.39, 0.29) is 29.8 Å². The van der Waals surface area contributed by atoms with Crippen molar-refractivity contribution in [1.29, 1.82) is 0 Å². The first-order valence-electron chi connectivity index (χ1n) is 5.94. The van der Waals surface area contributed by atoms with Crippen LogP contribution < -0.4 is 5.32 Å². The molecule has 0 amide bonds. The Morgan fingerprint density at radius 2 is 2.42 bits per heavy atom. The molecule has 1 atom stereocenters. The first-order valence-corrected chi connectivity index (χ1v) is 8.64. The molecule has 1 aliphatic rings. The number of aromatic nitrogens is 1. The van der Waals surface area contributed by atoms with Gasteiger partial charge >= 0.3 is 5.97 Å². The first-order chi connectivity index (χ1) is 8.98. The van der Waals surface area contributed by atoms with E-state index in [1.165, 1.54) is 18.4 Å². The van der Waals surface area contributed by atoms with Crippen molar-refractivity contribution in [2.75, 3.05) is 30.5 Å². The third kappa shape index (κ3) is 4.17. The van der Waals surface area contributed by atoms with Gasteiger partial charge in [-0.15, -0.1) is 11.3 Å². The molecule has 0 spiro atoms. The van der Waals surface area contributed by atoms with Crippen molar-refractivity contribution < 1.29 is 17.9 Å². The average molecular weight is 304 g/mol. The predicted molar refractivity (Wildman–Crippen MR) is 73.1 cm³/mol. The van der Waals surface area contributed by atoms with Gasteiger partial charge < -0.3 is 10.1 Å². The molecular formula is C11H16N2O4S2. The topological polar surface area (TPSA) is 85.4 Å². The van der Waals surface area contributed by atoms with Crippen LogP contribution >= 0.6 is 11.3 Å². The molecule has 2 rings (SSSR count). The summed E-state index contributed by atoms with van der Waals surface area (Å²) in [6, 6.07) is 0. The lowest BCUT2D eigenvalue weighted by molar-refractivity contribution is -0.139. The van der Waals surface area contributed by atoms with Crippen LogP contribution in [0.4, 0.5) is 5.13 Å². The van der Waals surface area contributed by atoms with Crippen molar-refractivity contribution in [2.45, 2.75) is 12.8 Å². The predicted octanol–water partition coefficient (Wildman–Crippen LogP) is 0.705. The zero-order valence-corrected chi connectivity index (χ0v) is 12.2. The maximum absolute atomic E-state index is 11.3. The van der Waals surface area contributed by atoms with Crippen molar-refractivity contribution in [1.82, 2.24) is 4.98 Å². The summed E-state index contributed by atoms with van der Waals surface area (Å²) in [6.07, 6.45) is 0.863. The summed E-state index contributed by atoms with van der Waals surface area (Å²) in [5.41, 5.74) is 0.665. The van der Waals surface area contributed by atoms with Gasteiger partial charge in [0.25, 0.3) is 0 Å². The molecule has 0 saturated carbocycles. The number of nitrogens with zero attached hydrogens (tertiary/aromatic N) is 1. The zero-order chi connectivity index (χ0) is 13.9. The smallest absolute Gasteiger partial charge is 0.311 e. The van der Waals surface area contributed by atoms with E-state index in [2.05, 4.69) is 15.0 Å². The first kappa shape index (κ1) is 14.3. The summed E-state index contributed by atoms with van der Waals surface area (Å²) < 4.78 is 27.2. The van der Waals surface area contributed by atoms with Gasteiger partial charge in [0.1, 0.15) is 0 Å². The second-order valence-electron chi connectivity index (χ2n) is 4.55. The molecule has 1 aromatic rings. The van der Waals surface area contributed by atoms with Gasteiger partial charge in [-0.25, -0.2) is 13.4 Å². The Bertz CT molecular complexity index is 553. The van der Waals surface area contributed by atoms with Crippen molar-refractivity contribution in [3.05, 3.63) is 11.1 Å². The lowest BCUT2D eigenvalue weighted by Gasteiger charge is -2.07. The molecule has 0 aromatic carbocycles. The minimum atomic E-state index is -2.83. The number of carbonyl (C=O) groups excluding carboxylic acids is 1. The van der Waals surface area contributed by atoms with Crippen LogP contribution in [-0.4, -0.2) is 44.5 Å². The van der Waals surface area contributed by atoms with Crippen molar-refractivity contribution in [3.63, 3.8) is 0 Å². The molecule has 1 saturated heterocycles. The molecule has 1 aromatic heterocycles. The number of ether oxygens (including phenoxy) is 1. The molecule has 1 aliphatic heterocycles. The van der Waals surface area contributed by atoms with Gasteiger partial charge in [0, 0.05) is 11.9 Å². The van der Waals surface area contributed by atoms with Gasteiger partial charge in [0.15, 0.2) is 15.0 Å². The van der Waals surface area contributed by atoms with Crippen molar-refractivity contribution in [2.24, 2.45) is 5.92 Å². The van der Waals surface area contributed by atoms with E-state index in [9.17, 15) is 13.2 Å². The van der Waals surface area contributed by atoms with E-state index in [0.29, 0.717) is 23.8 Å². The molecule has 2 heterocycles. The minimum absolute atomic E-state index is 0.151. The molecule has 1 N–H and O–H groups in total. The molecule has 0 aliphatic carbocycles. The Hall–Kier alpha value is -1.15. The Labute approximate surface area is 116 Å². The molecule has 6 nitrogen and oxygen atoms in total. The Balaban J connectivity index is 1.82. The Morgan fingerprint density at radius 3 is 3.05 bits per heavy atom. The maximum atomic E-state index is 11.3. The summed E-state index contributed by atoms with van der Waals surface area (Å²) in [5.74, 6) is 0.363. The second kappa shape index (κ2) is 5.87. The third-order valence-electron chi connectivity index (χ3n) is 2.97. The molecule has 0 bridgehead atoms. The maximum Gasteiger partial charge on any atom is 0.311 e. The fourth-order valence-electron chi connectivity index (χ4n) is 1.95. The summed E-state index contributed by atoms with van der Waals surface area (Å²) in [7, 11) is -1.49. The van der Waals surface area contributed by atoms with Crippen LogP contribution in [0, 0.1) is 5.92 Å². The van der Waals surface area contributed by atoms with Crippen LogP contribution in [-0.2, 0) is 25.8 Å². The lowest BCUT2D eigenvalue weighted by Crippen LogP contribution is -2.15. The quantitative estimate of drug-likeness (QED) is 0.806. The van der Waals surface area contributed by atoms with E-state index in [0.717, 1.165) is 0 Å². The molecule has 0 radical (unpaired) electrons. The number of carbonyl (C=O) groups is 1. The summed E-state index contributed by atoms with van der Waals surface area (Å²) >= 11 is 1.41. The van der Waals surface area contributed by atoms with Gasteiger partial charge in [-0.2, -0.15) is 0 Å². The number of esters is 1. The highest BCUT2D eigenvalue weighted by atomic mass is 32.2. The van der Waals surface area contributed by atoms with E-state index >= 15 is 0 Å². The summed E-state index contributed by atoms with van der Waals surface area (Å²) in [5, 5.41) is 5.63. The van der Waals surface area contributed by atoms with Gasteiger partial charge in [-0.1, -0.05) is 0 Å². The fraction of sp³-hybridized carbons (Fsp3) is 0.636. The number of rotatable bonds is 5. The highest BCUT2D eigenvalue weighted by Crippen LogP contribution is 2.21. The molecule has 19 heavy (non-hydrogen) atoms. The summed E-state index contributed by atoms with van der Waals surface area (Å²) in [6.45, 7) is 0.602. The van der Waals surface area contributed by atoms with Crippen molar-refractivity contribution >= 4 is 32.3 Å². The van der Waals surface area contributed by atoms with Crippen LogP contribution in [0.25, 0.3) is 0 Å². The standard InChI is InChI=1S/C11H16N2O4S2/c1-17-10(14)4-9-6-18-11(13-9)12-5-8-2-3-19(15,16)7-8/h6,8H,2-5,7H2,1H3,(H,12,13). The number of hydrogen-bond donors (Lipinski definition) is 1. The Kier molecular flexibility index (Phi) is 4.41. The second-order valence-corrected chi connectivity index (χ2v) is 7.63. The minimum Gasteiger partial charge on any atom is -0.469 e. The molecular weight excluding hydrogens is 288 g/mol. The highest BCUT2D eigenvalue weighted by Gasteiger charge is 2.27. The SMILES string of the molecule is COC(=O)Cc1csc(NCC2CCS(=O)(=O)C2)n1. The van der Waals surface area contributed by atoms with E-state index < -0.39 is 9.84 Å². The van der Waals surface area contributed by atoms with E-state index in [1.54, 1.807) is 5.38 Å². The van der Waals surface area contributed by atoms with Crippen LogP contribution in [0.3, 0.4) is 0 Å². The van der Waals surface area contributed by atoms with E-state index in [4.69, 9.17) is 0 Å². The Morgan fingerprint density at radius 1 is 1.63 bits per heavy atom. The largest absolute Gasteiger partial charge is 0.469 e. The van der Waals surface area contributed by atoms with Crippen LogP contribution in [0.2, 0.25) is 0 Å². The number of anilines is 1. The van der Waals surface area contributed by atoms with Gasteiger partial charge in [-0.05, 0) is 12.3 Å². The fourth-order valence-corrected chi connectivity index (χ4v) is 4.54. The van der Waals surface area contributed by atoms with Crippen LogP contribution in [0.15, 0.2) is 5.38 Å². The third-order valence-corrected chi connectivity index (χ3v) is 5.66. The highest BCUT2D eigenvalue weighted by molar-refractivity contribution is 7.91. The normalized spacial score (nSPS) is 21.2. The number of nitrogens with one attached hydrogen (secondary N) is 1. The summed E-state index contributed by atoms with van der Waals surface area (Å²) in [4.78, 5) is 15.3. The molecule has 8 heteroatoms. The molecule has 106 valence electrons. The van der Waals surface area contributed by atoms with Crippen molar-refractivity contribution in [3.8, 4) is 0 Å². The van der Waals surface area contributed by atoms with Gasteiger partial charge in [0.05, 0.1) is 30.7 Å². The number of thiazole rings is 1. The van der Waals surface area contributed by atoms with Crippen LogP contribution in [0.1, 0.15) is 12.1 Å². The number of methoxy groups -OCH3 is 1. The average Bonchev–Trinajstić information content (AvgIpc) is 2.93. The molecule has 1 unspecified atom stereocenters. The van der Waals surface area contributed by atoms with Gasteiger partial charge in [-0.3, -0.25) is 4.79 Å². The van der Waals surface area contributed by atoms with E-state index in [1.807, 2.05) is 0 Å². The molecule has 1 fully saturated rings. The van der Waals surface area contributed by atoms with Crippen LogP contribution in [0.5, 0.6) is 0 Å². The monoisotopic (exact) mass is 304 g/mol.